The molecule has 0 bridgehead atoms. The highest BCUT2D eigenvalue weighted by atomic mass is 16.5. The Balaban J connectivity index is 1.46. The first-order chi connectivity index (χ1) is 20.6. The molecule has 5 rings (SSSR count). The van der Waals surface area contributed by atoms with Gasteiger partial charge in [-0.15, -0.1) is 0 Å². The van der Waals surface area contributed by atoms with Crippen LogP contribution in [0.15, 0.2) is 102 Å². The van der Waals surface area contributed by atoms with Gasteiger partial charge in [0.15, 0.2) is 5.82 Å². The van der Waals surface area contributed by atoms with Crippen molar-refractivity contribution in [3.05, 3.63) is 120 Å². The van der Waals surface area contributed by atoms with Gasteiger partial charge in [0, 0.05) is 31.5 Å². The number of aryl methyl sites for hydroxylation is 1. The molecule has 8 nitrogen and oxygen atoms in total. The molecule has 4 aromatic carbocycles. The Hall–Kier alpha value is -4.82. The molecule has 8 heteroatoms. The Kier molecular flexibility index (Phi) is 8.68. The van der Waals surface area contributed by atoms with Crippen molar-refractivity contribution in [2.45, 2.75) is 51.2 Å². The number of fused-ring (bicyclic) bond motifs is 2. The summed E-state index contributed by atoms with van der Waals surface area (Å²) in [5.74, 6) is 0.145. The number of hydrogen-bond donors (Lipinski definition) is 2. The highest BCUT2D eigenvalue weighted by molar-refractivity contribution is 5.93. The lowest BCUT2D eigenvalue weighted by atomic mass is 9.98. The van der Waals surface area contributed by atoms with Crippen LogP contribution in [0.3, 0.4) is 0 Å². The molecule has 0 fully saturated rings. The molecular formula is C35H37N5O3. The Morgan fingerprint density at radius 3 is 2.00 bits per heavy atom. The summed E-state index contributed by atoms with van der Waals surface area (Å²) >= 11 is 0. The van der Waals surface area contributed by atoms with E-state index in [4.69, 9.17) is 10.3 Å². The summed E-state index contributed by atoms with van der Waals surface area (Å²) in [6.45, 7) is 5.34. The molecule has 220 valence electrons. The van der Waals surface area contributed by atoms with Gasteiger partial charge in [0.05, 0.1) is 0 Å². The number of rotatable bonds is 10. The fraction of sp³-hybridized carbons (Fsp3) is 0.257. The first kappa shape index (κ1) is 29.7. The number of amides is 2. The normalized spacial score (nSPS) is 13.3. The number of nitrogens with zero attached hydrogens (tertiary/aromatic N) is 3. The molecule has 0 spiro atoms. The summed E-state index contributed by atoms with van der Waals surface area (Å²) in [5.41, 5.74) is 7.31. The van der Waals surface area contributed by atoms with Gasteiger partial charge >= 0.3 is 0 Å². The van der Waals surface area contributed by atoms with E-state index < -0.39 is 23.5 Å². The average Bonchev–Trinajstić information content (AvgIpc) is 3.43. The fourth-order valence-electron chi connectivity index (χ4n) is 5.14. The van der Waals surface area contributed by atoms with E-state index in [0.717, 1.165) is 32.7 Å². The smallest absolute Gasteiger partial charge is 0.249 e. The third-order valence-corrected chi connectivity index (χ3v) is 7.42. The molecule has 0 saturated carbocycles. The second-order valence-corrected chi connectivity index (χ2v) is 11.6. The Morgan fingerprint density at radius 2 is 1.47 bits per heavy atom. The van der Waals surface area contributed by atoms with Crippen LogP contribution in [0.4, 0.5) is 0 Å². The van der Waals surface area contributed by atoms with E-state index in [1.165, 1.54) is 6.08 Å². The topological polar surface area (TPSA) is 114 Å². The first-order valence-corrected chi connectivity index (χ1v) is 14.4. The summed E-state index contributed by atoms with van der Waals surface area (Å²) in [5, 5.41) is 11.3. The van der Waals surface area contributed by atoms with E-state index in [0.29, 0.717) is 24.6 Å². The quantitative estimate of drug-likeness (QED) is 0.214. The maximum atomic E-state index is 14.2. The van der Waals surface area contributed by atoms with Gasteiger partial charge < -0.3 is 20.5 Å². The molecule has 2 amide bonds. The van der Waals surface area contributed by atoms with Crippen molar-refractivity contribution in [1.29, 1.82) is 0 Å². The number of hydrogen-bond acceptors (Lipinski definition) is 6. The standard InChI is InChI=1S/C35H37N5O3/c1-23-37-33(43-39-23)31(22-25-14-16-27-10-6-8-12-29(27)20-25)40(4)34(42)30(38-32(41)17-18-35(2,3)36)21-24-13-15-26-9-5-7-11-28(26)19-24/h5-20,30-31H,21-22,36H2,1-4H3,(H,38,41)/t30?,31-/m1/s1. The van der Waals surface area contributed by atoms with Crippen molar-refractivity contribution in [2.75, 3.05) is 7.05 Å². The molecule has 43 heavy (non-hydrogen) atoms. The van der Waals surface area contributed by atoms with E-state index in [1.807, 2.05) is 54.6 Å². The van der Waals surface area contributed by atoms with Gasteiger partial charge in [-0.2, -0.15) is 4.98 Å². The zero-order valence-electron chi connectivity index (χ0n) is 25.0. The van der Waals surface area contributed by atoms with Gasteiger partial charge in [0.2, 0.25) is 17.7 Å². The molecule has 0 aliphatic rings. The summed E-state index contributed by atoms with van der Waals surface area (Å²) in [6, 6.07) is 27.1. The number of likely N-dealkylation sites (N-methyl/N-ethyl adjacent to an activating group) is 1. The van der Waals surface area contributed by atoms with Gasteiger partial charge in [0.1, 0.15) is 12.1 Å². The van der Waals surface area contributed by atoms with Crippen molar-refractivity contribution in [1.82, 2.24) is 20.4 Å². The Bertz CT molecular complexity index is 1790. The molecule has 0 aliphatic heterocycles. The minimum absolute atomic E-state index is 0.274. The van der Waals surface area contributed by atoms with Crippen molar-refractivity contribution >= 4 is 33.4 Å². The van der Waals surface area contributed by atoms with Crippen LogP contribution in [-0.2, 0) is 22.4 Å². The SMILES string of the molecule is Cc1noc([C@@H](Cc2ccc3ccccc3c2)N(C)C(=O)C(Cc2ccc3ccccc3c2)NC(=O)C=CC(C)(C)N)n1. The van der Waals surface area contributed by atoms with E-state index in [1.54, 1.807) is 38.8 Å². The monoisotopic (exact) mass is 575 g/mol. The van der Waals surface area contributed by atoms with E-state index >= 15 is 0 Å². The number of benzene rings is 4. The van der Waals surface area contributed by atoms with Crippen LogP contribution >= 0.6 is 0 Å². The number of nitrogens with two attached hydrogens (primary N) is 1. The molecule has 5 aromatic rings. The summed E-state index contributed by atoms with van der Waals surface area (Å²) < 4.78 is 5.59. The van der Waals surface area contributed by atoms with Crippen LogP contribution in [0.5, 0.6) is 0 Å². The van der Waals surface area contributed by atoms with E-state index in [9.17, 15) is 9.59 Å². The molecule has 0 saturated heterocycles. The molecule has 1 heterocycles. The number of carbonyl (C=O) groups excluding carboxylic acids is 2. The molecule has 2 atom stereocenters. The summed E-state index contributed by atoms with van der Waals surface area (Å²) in [7, 11) is 1.71. The van der Waals surface area contributed by atoms with Crippen LogP contribution in [0.2, 0.25) is 0 Å². The number of aromatic nitrogens is 2. The number of nitrogens with one attached hydrogen (secondary N) is 1. The minimum atomic E-state index is -0.854. The largest absolute Gasteiger partial charge is 0.340 e. The third-order valence-electron chi connectivity index (χ3n) is 7.42. The van der Waals surface area contributed by atoms with Crippen LogP contribution in [0, 0.1) is 6.92 Å². The molecule has 0 radical (unpaired) electrons. The predicted molar refractivity (Wildman–Crippen MR) is 169 cm³/mol. The molecular weight excluding hydrogens is 538 g/mol. The van der Waals surface area contributed by atoms with Gasteiger partial charge in [-0.25, -0.2) is 0 Å². The maximum absolute atomic E-state index is 14.2. The number of carbonyl (C=O) groups is 2. The van der Waals surface area contributed by atoms with Crippen LogP contribution in [0.25, 0.3) is 21.5 Å². The van der Waals surface area contributed by atoms with Crippen LogP contribution in [-0.4, -0.2) is 45.5 Å². The van der Waals surface area contributed by atoms with Crippen LogP contribution in [0.1, 0.15) is 42.7 Å². The maximum Gasteiger partial charge on any atom is 0.249 e. The van der Waals surface area contributed by atoms with Gasteiger partial charge in [-0.1, -0.05) is 96.2 Å². The zero-order valence-corrected chi connectivity index (χ0v) is 25.0. The second-order valence-electron chi connectivity index (χ2n) is 11.6. The Morgan fingerprint density at radius 1 is 0.907 bits per heavy atom. The van der Waals surface area contributed by atoms with Gasteiger partial charge in [0.25, 0.3) is 0 Å². The van der Waals surface area contributed by atoms with Crippen molar-refractivity contribution in [3.8, 4) is 0 Å². The van der Waals surface area contributed by atoms with Crippen molar-refractivity contribution < 1.29 is 14.1 Å². The molecule has 1 unspecified atom stereocenters. The molecule has 0 aliphatic carbocycles. The highest BCUT2D eigenvalue weighted by Gasteiger charge is 2.32. The predicted octanol–water partition coefficient (Wildman–Crippen LogP) is 5.45. The van der Waals surface area contributed by atoms with Crippen LogP contribution < -0.4 is 11.1 Å². The van der Waals surface area contributed by atoms with E-state index in [2.05, 4.69) is 45.8 Å². The van der Waals surface area contributed by atoms with E-state index in [-0.39, 0.29) is 5.91 Å². The molecule has 3 N–H and O–H groups in total. The Labute approximate surface area is 251 Å². The lowest BCUT2D eigenvalue weighted by Gasteiger charge is -2.30. The van der Waals surface area contributed by atoms with Crippen molar-refractivity contribution in [2.24, 2.45) is 5.73 Å². The lowest BCUT2D eigenvalue weighted by Crippen LogP contribution is -2.49. The summed E-state index contributed by atoms with van der Waals surface area (Å²) in [6.07, 6.45) is 3.75. The minimum Gasteiger partial charge on any atom is -0.340 e. The average molecular weight is 576 g/mol. The summed E-state index contributed by atoms with van der Waals surface area (Å²) in [4.78, 5) is 33.4. The first-order valence-electron chi connectivity index (χ1n) is 14.4. The highest BCUT2D eigenvalue weighted by Crippen LogP contribution is 2.27. The fourth-order valence-corrected chi connectivity index (χ4v) is 5.14. The second kappa shape index (κ2) is 12.6. The van der Waals surface area contributed by atoms with Gasteiger partial charge in [-0.3, -0.25) is 9.59 Å². The van der Waals surface area contributed by atoms with Gasteiger partial charge in [-0.05, 0) is 53.4 Å². The molecule has 1 aromatic heterocycles. The van der Waals surface area contributed by atoms with Crippen molar-refractivity contribution in [3.63, 3.8) is 0 Å². The lowest BCUT2D eigenvalue weighted by molar-refractivity contribution is -0.137. The zero-order chi connectivity index (χ0) is 30.6. The third kappa shape index (κ3) is 7.53.